The zero-order chi connectivity index (χ0) is 15.6. The summed E-state index contributed by atoms with van der Waals surface area (Å²) in [6, 6.07) is 1.35. The number of rotatable bonds is 5. The van der Waals surface area contributed by atoms with E-state index in [2.05, 4.69) is 0 Å². The molecule has 118 valence electrons. The Morgan fingerprint density at radius 3 is 2.76 bits per heavy atom. The number of aryl methyl sites for hydroxylation is 1. The number of ether oxygens (including phenoxy) is 1. The van der Waals surface area contributed by atoms with Gasteiger partial charge >= 0.3 is 0 Å². The molecule has 2 rings (SSSR count). The Morgan fingerprint density at radius 1 is 1.52 bits per heavy atom. The Morgan fingerprint density at radius 2 is 2.24 bits per heavy atom. The number of carbonyl (C=O) groups excluding carboxylic acids is 1. The molecular formula is C13H19ClN2O4S. The third-order valence-corrected chi connectivity index (χ3v) is 4.92. The van der Waals surface area contributed by atoms with Crippen LogP contribution in [0.4, 0.5) is 0 Å². The van der Waals surface area contributed by atoms with Gasteiger partial charge in [-0.25, -0.2) is 8.42 Å². The van der Waals surface area contributed by atoms with Gasteiger partial charge in [0.1, 0.15) is 10.6 Å². The lowest BCUT2D eigenvalue weighted by Crippen LogP contribution is -2.31. The van der Waals surface area contributed by atoms with E-state index in [9.17, 15) is 13.2 Å². The fourth-order valence-electron chi connectivity index (χ4n) is 2.49. The van der Waals surface area contributed by atoms with Gasteiger partial charge in [-0.2, -0.15) is 0 Å². The molecule has 0 aromatic carbocycles. The van der Waals surface area contributed by atoms with E-state index in [1.165, 1.54) is 12.3 Å². The minimum absolute atomic E-state index is 0.0385. The van der Waals surface area contributed by atoms with Gasteiger partial charge in [-0.3, -0.25) is 4.79 Å². The first-order chi connectivity index (χ1) is 9.86. The number of hydrogen-bond donors (Lipinski definition) is 0. The van der Waals surface area contributed by atoms with Crippen LogP contribution in [0.5, 0.6) is 0 Å². The van der Waals surface area contributed by atoms with Crippen molar-refractivity contribution >= 4 is 25.6 Å². The van der Waals surface area contributed by atoms with Gasteiger partial charge in [0.2, 0.25) is 0 Å². The predicted octanol–water partition coefficient (Wildman–Crippen LogP) is 1.69. The highest BCUT2D eigenvalue weighted by molar-refractivity contribution is 8.13. The molecule has 0 saturated carbocycles. The van der Waals surface area contributed by atoms with Crippen molar-refractivity contribution in [3.05, 3.63) is 18.0 Å². The van der Waals surface area contributed by atoms with Crippen molar-refractivity contribution < 1.29 is 17.9 Å². The summed E-state index contributed by atoms with van der Waals surface area (Å²) in [5.41, 5.74) is 0.354. The molecule has 1 unspecified atom stereocenters. The minimum Gasteiger partial charge on any atom is -0.380 e. The highest BCUT2D eigenvalue weighted by Gasteiger charge is 2.29. The van der Waals surface area contributed by atoms with Crippen LogP contribution >= 0.6 is 10.7 Å². The molecule has 0 radical (unpaired) electrons. The SMILES string of the molecule is CCCn1cc(S(=O)(=O)Cl)cc1C(=O)N1CCC(OC)C1. The third-order valence-electron chi connectivity index (χ3n) is 3.60. The van der Waals surface area contributed by atoms with Crippen LogP contribution in [0.3, 0.4) is 0 Å². The summed E-state index contributed by atoms with van der Waals surface area (Å²) in [5, 5.41) is 0. The normalized spacial score (nSPS) is 19.2. The lowest BCUT2D eigenvalue weighted by atomic mass is 10.3. The molecule has 0 aliphatic carbocycles. The molecule has 1 aromatic rings. The van der Waals surface area contributed by atoms with Crippen LogP contribution in [-0.4, -0.2) is 50.1 Å². The molecule has 1 aromatic heterocycles. The Hall–Kier alpha value is -1.05. The highest BCUT2D eigenvalue weighted by atomic mass is 35.7. The molecule has 21 heavy (non-hydrogen) atoms. The number of likely N-dealkylation sites (tertiary alicyclic amines) is 1. The molecule has 0 bridgehead atoms. The first-order valence-electron chi connectivity index (χ1n) is 6.83. The lowest BCUT2D eigenvalue weighted by Gasteiger charge is -2.17. The Kier molecular flexibility index (Phi) is 4.95. The number of halogens is 1. The van der Waals surface area contributed by atoms with E-state index in [0.29, 0.717) is 25.3 Å². The van der Waals surface area contributed by atoms with Gasteiger partial charge in [-0.05, 0) is 18.9 Å². The predicted molar refractivity (Wildman–Crippen MR) is 79.1 cm³/mol. The molecule has 1 amide bonds. The maximum atomic E-state index is 12.6. The van der Waals surface area contributed by atoms with E-state index in [1.54, 1.807) is 16.6 Å². The summed E-state index contributed by atoms with van der Waals surface area (Å²) in [6.45, 7) is 3.65. The third kappa shape index (κ3) is 3.59. The lowest BCUT2D eigenvalue weighted by molar-refractivity contribution is 0.0714. The topological polar surface area (TPSA) is 68.6 Å². The maximum absolute atomic E-state index is 12.6. The summed E-state index contributed by atoms with van der Waals surface area (Å²) in [4.78, 5) is 14.2. The summed E-state index contributed by atoms with van der Waals surface area (Å²) < 4.78 is 29.8. The van der Waals surface area contributed by atoms with E-state index in [0.717, 1.165) is 12.8 Å². The van der Waals surface area contributed by atoms with Crippen LogP contribution in [0.1, 0.15) is 30.3 Å². The summed E-state index contributed by atoms with van der Waals surface area (Å²) in [5.74, 6) is -0.186. The van der Waals surface area contributed by atoms with E-state index in [-0.39, 0.29) is 16.9 Å². The van der Waals surface area contributed by atoms with E-state index >= 15 is 0 Å². The molecule has 2 heterocycles. The summed E-state index contributed by atoms with van der Waals surface area (Å²) >= 11 is 0. The number of aromatic nitrogens is 1. The number of methoxy groups -OCH3 is 1. The quantitative estimate of drug-likeness (QED) is 0.768. The fraction of sp³-hybridized carbons (Fsp3) is 0.615. The molecule has 0 spiro atoms. The van der Waals surface area contributed by atoms with Crippen LogP contribution in [0.25, 0.3) is 0 Å². The van der Waals surface area contributed by atoms with Crippen LogP contribution in [-0.2, 0) is 20.3 Å². The van der Waals surface area contributed by atoms with Crippen LogP contribution in [0, 0.1) is 0 Å². The van der Waals surface area contributed by atoms with Crippen molar-refractivity contribution in [2.45, 2.75) is 37.3 Å². The molecule has 6 nitrogen and oxygen atoms in total. The second-order valence-corrected chi connectivity index (χ2v) is 7.66. The van der Waals surface area contributed by atoms with Gasteiger partial charge in [0.15, 0.2) is 0 Å². The van der Waals surface area contributed by atoms with Gasteiger partial charge in [0.25, 0.3) is 15.0 Å². The first kappa shape index (κ1) is 16.3. The molecular weight excluding hydrogens is 316 g/mol. The molecule has 0 N–H and O–H groups in total. The number of nitrogens with zero attached hydrogens (tertiary/aromatic N) is 2. The molecule has 1 fully saturated rings. The van der Waals surface area contributed by atoms with E-state index < -0.39 is 9.05 Å². The molecule has 1 atom stereocenters. The standard InChI is InChI=1S/C13H19ClN2O4S/c1-3-5-15-9-11(21(14,18)19)7-12(15)13(17)16-6-4-10(8-16)20-2/h7,9-10H,3-6,8H2,1-2H3. The number of amides is 1. The monoisotopic (exact) mass is 334 g/mol. The van der Waals surface area contributed by atoms with Crippen molar-refractivity contribution in [3.8, 4) is 0 Å². The van der Waals surface area contributed by atoms with E-state index in [4.69, 9.17) is 15.4 Å². The van der Waals surface area contributed by atoms with Crippen LogP contribution in [0.15, 0.2) is 17.2 Å². The zero-order valence-electron chi connectivity index (χ0n) is 12.1. The van der Waals surface area contributed by atoms with Gasteiger partial charge in [-0.15, -0.1) is 0 Å². The van der Waals surface area contributed by atoms with Gasteiger partial charge in [0, 0.05) is 43.6 Å². The average molecular weight is 335 g/mol. The summed E-state index contributed by atoms with van der Waals surface area (Å²) in [7, 11) is 3.15. The minimum atomic E-state index is -3.84. The molecule has 1 aliphatic rings. The Labute approximate surface area is 129 Å². The van der Waals surface area contributed by atoms with Crippen LogP contribution in [0.2, 0.25) is 0 Å². The highest BCUT2D eigenvalue weighted by Crippen LogP contribution is 2.22. The second-order valence-electron chi connectivity index (χ2n) is 5.09. The van der Waals surface area contributed by atoms with Gasteiger partial charge in [-0.1, -0.05) is 6.92 Å². The zero-order valence-corrected chi connectivity index (χ0v) is 13.7. The Balaban J connectivity index is 2.29. The molecule has 1 aliphatic heterocycles. The molecule has 1 saturated heterocycles. The second kappa shape index (κ2) is 6.37. The maximum Gasteiger partial charge on any atom is 0.270 e. The smallest absolute Gasteiger partial charge is 0.270 e. The average Bonchev–Trinajstić information content (AvgIpc) is 3.04. The van der Waals surface area contributed by atoms with Crippen molar-refractivity contribution in [2.24, 2.45) is 0 Å². The number of hydrogen-bond acceptors (Lipinski definition) is 4. The molecule has 8 heteroatoms. The van der Waals surface area contributed by atoms with Crippen molar-refractivity contribution in [1.29, 1.82) is 0 Å². The first-order valence-corrected chi connectivity index (χ1v) is 9.14. The van der Waals surface area contributed by atoms with Crippen molar-refractivity contribution in [2.75, 3.05) is 20.2 Å². The van der Waals surface area contributed by atoms with Gasteiger partial charge < -0.3 is 14.2 Å². The fourth-order valence-corrected chi connectivity index (χ4v) is 3.25. The van der Waals surface area contributed by atoms with Crippen molar-refractivity contribution in [3.63, 3.8) is 0 Å². The van der Waals surface area contributed by atoms with Crippen molar-refractivity contribution in [1.82, 2.24) is 9.47 Å². The largest absolute Gasteiger partial charge is 0.380 e. The van der Waals surface area contributed by atoms with E-state index in [1.807, 2.05) is 6.92 Å². The summed E-state index contributed by atoms with van der Waals surface area (Å²) in [6.07, 6.45) is 3.04. The van der Waals surface area contributed by atoms with Crippen LogP contribution < -0.4 is 0 Å². The van der Waals surface area contributed by atoms with Gasteiger partial charge in [0.05, 0.1) is 6.10 Å². The Bertz CT molecular complexity index is 626. The number of carbonyl (C=O) groups is 1.